The number of aryl methyl sites for hydroxylation is 1. The van der Waals surface area contributed by atoms with Crippen molar-refractivity contribution in [1.82, 2.24) is 9.62 Å². The molecule has 0 unspecified atom stereocenters. The first kappa shape index (κ1) is 18.4. The minimum atomic E-state index is -3.85. The lowest BCUT2D eigenvalue weighted by Gasteiger charge is -2.24. The van der Waals surface area contributed by atoms with Crippen molar-refractivity contribution in [3.8, 4) is 0 Å². The van der Waals surface area contributed by atoms with Gasteiger partial charge in [-0.15, -0.1) is 0 Å². The van der Waals surface area contributed by atoms with Crippen molar-refractivity contribution in [2.45, 2.75) is 36.7 Å². The summed E-state index contributed by atoms with van der Waals surface area (Å²) in [5, 5.41) is 20.1. The van der Waals surface area contributed by atoms with Crippen LogP contribution < -0.4 is 5.32 Å². The number of nitrogens with one attached hydrogen (secondary N) is 1. The van der Waals surface area contributed by atoms with Gasteiger partial charge in [0.05, 0.1) is 11.5 Å². The van der Waals surface area contributed by atoms with Crippen LogP contribution in [0.3, 0.4) is 0 Å². The second kappa shape index (κ2) is 7.29. The molecule has 2 rings (SSSR count). The highest BCUT2D eigenvalue weighted by Gasteiger charge is 2.40. The van der Waals surface area contributed by atoms with Crippen LogP contribution in [0.2, 0.25) is 0 Å². The summed E-state index contributed by atoms with van der Waals surface area (Å²) in [5.74, 6) is -2.10. The Bertz CT molecular complexity index is 716. The van der Waals surface area contributed by atoms with Crippen molar-refractivity contribution in [2.75, 3.05) is 13.2 Å². The number of benzene rings is 1. The predicted molar refractivity (Wildman–Crippen MR) is 84.7 cm³/mol. The highest BCUT2D eigenvalue weighted by Crippen LogP contribution is 2.26. The zero-order chi connectivity index (χ0) is 17.9. The Morgan fingerprint density at radius 3 is 2.50 bits per heavy atom. The molecule has 1 aliphatic heterocycles. The van der Waals surface area contributed by atoms with Gasteiger partial charge in [0, 0.05) is 6.54 Å². The Hall–Kier alpha value is -1.97. The fraction of sp³-hybridized carbons (Fsp3) is 0.467. The number of aliphatic hydroxyl groups is 1. The van der Waals surface area contributed by atoms with E-state index in [9.17, 15) is 18.0 Å². The minimum absolute atomic E-state index is 0.0877. The van der Waals surface area contributed by atoms with Crippen LogP contribution in [0.25, 0.3) is 0 Å². The number of carboxylic acid groups (broad SMARTS) is 1. The molecule has 1 saturated heterocycles. The number of amides is 1. The molecule has 3 N–H and O–H groups in total. The quantitative estimate of drug-likeness (QED) is 0.643. The number of aliphatic hydroxyl groups excluding tert-OH is 1. The Kier molecular flexibility index (Phi) is 5.58. The molecule has 132 valence electrons. The molecular formula is C15H20N2O6S. The SMILES string of the molecule is Cc1ccc(S(=O)(=O)N2CCC[C@H]2C(=O)N[C@@H](CO)C(=O)O)cc1. The van der Waals surface area contributed by atoms with E-state index >= 15 is 0 Å². The van der Waals surface area contributed by atoms with Gasteiger partial charge in [-0.2, -0.15) is 4.31 Å². The molecule has 1 amide bonds. The van der Waals surface area contributed by atoms with Gasteiger partial charge < -0.3 is 15.5 Å². The third-order valence-electron chi connectivity index (χ3n) is 3.93. The highest BCUT2D eigenvalue weighted by atomic mass is 32.2. The largest absolute Gasteiger partial charge is 0.480 e. The zero-order valence-electron chi connectivity index (χ0n) is 13.2. The number of aliphatic carboxylic acids is 1. The van der Waals surface area contributed by atoms with E-state index in [0.29, 0.717) is 12.8 Å². The average molecular weight is 356 g/mol. The van der Waals surface area contributed by atoms with E-state index in [4.69, 9.17) is 10.2 Å². The molecule has 1 aromatic rings. The van der Waals surface area contributed by atoms with Crippen LogP contribution in [0.5, 0.6) is 0 Å². The monoisotopic (exact) mass is 356 g/mol. The molecule has 9 heteroatoms. The molecule has 2 atom stereocenters. The molecular weight excluding hydrogens is 336 g/mol. The Morgan fingerprint density at radius 2 is 1.96 bits per heavy atom. The normalized spacial score (nSPS) is 19.8. The van der Waals surface area contributed by atoms with Crippen molar-refractivity contribution in [3.63, 3.8) is 0 Å². The maximum Gasteiger partial charge on any atom is 0.328 e. The van der Waals surface area contributed by atoms with Crippen LogP contribution in [-0.2, 0) is 19.6 Å². The van der Waals surface area contributed by atoms with Crippen LogP contribution in [0.4, 0.5) is 0 Å². The molecule has 1 fully saturated rings. The van der Waals surface area contributed by atoms with Gasteiger partial charge in [0.2, 0.25) is 15.9 Å². The van der Waals surface area contributed by atoms with Gasteiger partial charge in [0.15, 0.2) is 0 Å². The number of carbonyl (C=O) groups excluding carboxylic acids is 1. The first-order valence-corrected chi connectivity index (χ1v) is 8.94. The van der Waals surface area contributed by atoms with Gasteiger partial charge in [-0.1, -0.05) is 17.7 Å². The van der Waals surface area contributed by atoms with Crippen molar-refractivity contribution < 1.29 is 28.2 Å². The van der Waals surface area contributed by atoms with E-state index in [2.05, 4.69) is 5.32 Å². The summed E-state index contributed by atoms with van der Waals surface area (Å²) in [4.78, 5) is 23.3. The van der Waals surface area contributed by atoms with E-state index in [-0.39, 0.29) is 11.4 Å². The summed E-state index contributed by atoms with van der Waals surface area (Å²) < 4.78 is 26.5. The molecule has 1 aromatic carbocycles. The summed E-state index contributed by atoms with van der Waals surface area (Å²) >= 11 is 0. The lowest BCUT2D eigenvalue weighted by atomic mass is 10.2. The Morgan fingerprint density at radius 1 is 1.33 bits per heavy atom. The highest BCUT2D eigenvalue weighted by molar-refractivity contribution is 7.89. The number of hydrogen-bond acceptors (Lipinski definition) is 5. The van der Waals surface area contributed by atoms with Gasteiger partial charge >= 0.3 is 5.97 Å². The first-order chi connectivity index (χ1) is 11.3. The molecule has 0 aromatic heterocycles. The predicted octanol–water partition coefficient (Wildman–Crippen LogP) is -0.290. The van der Waals surface area contributed by atoms with Gasteiger partial charge in [-0.05, 0) is 31.9 Å². The molecule has 1 heterocycles. The number of nitrogens with zero attached hydrogens (tertiary/aromatic N) is 1. The smallest absolute Gasteiger partial charge is 0.328 e. The topological polar surface area (TPSA) is 124 Å². The van der Waals surface area contributed by atoms with Crippen LogP contribution in [-0.4, -0.2) is 60.0 Å². The second-order valence-corrected chi connectivity index (χ2v) is 7.56. The van der Waals surface area contributed by atoms with Gasteiger partial charge in [0.1, 0.15) is 12.1 Å². The Balaban J connectivity index is 2.21. The van der Waals surface area contributed by atoms with Crippen molar-refractivity contribution >= 4 is 21.9 Å². The first-order valence-electron chi connectivity index (χ1n) is 7.50. The minimum Gasteiger partial charge on any atom is -0.480 e. The van der Waals surface area contributed by atoms with Gasteiger partial charge in [-0.3, -0.25) is 4.79 Å². The third-order valence-corrected chi connectivity index (χ3v) is 5.85. The van der Waals surface area contributed by atoms with Crippen LogP contribution in [0, 0.1) is 6.92 Å². The van der Waals surface area contributed by atoms with Crippen LogP contribution in [0.1, 0.15) is 18.4 Å². The van der Waals surface area contributed by atoms with Crippen LogP contribution >= 0.6 is 0 Å². The fourth-order valence-corrected chi connectivity index (χ4v) is 4.25. The summed E-state index contributed by atoms with van der Waals surface area (Å²) in [6, 6.07) is 3.86. The number of hydrogen-bond donors (Lipinski definition) is 3. The molecule has 0 radical (unpaired) electrons. The van der Waals surface area contributed by atoms with Crippen molar-refractivity contribution in [3.05, 3.63) is 29.8 Å². The van der Waals surface area contributed by atoms with E-state index in [1.165, 1.54) is 12.1 Å². The Labute approximate surface area is 140 Å². The molecule has 1 aliphatic rings. The van der Waals surface area contributed by atoms with E-state index in [0.717, 1.165) is 9.87 Å². The number of rotatable bonds is 6. The van der Waals surface area contributed by atoms with Gasteiger partial charge in [0.25, 0.3) is 0 Å². The third kappa shape index (κ3) is 3.74. The maximum atomic E-state index is 12.7. The molecule has 0 bridgehead atoms. The van der Waals surface area contributed by atoms with E-state index in [1.807, 2.05) is 6.92 Å². The molecule has 0 aliphatic carbocycles. The zero-order valence-corrected chi connectivity index (χ0v) is 14.0. The number of carboxylic acids is 1. The fourth-order valence-electron chi connectivity index (χ4n) is 2.59. The van der Waals surface area contributed by atoms with Crippen LogP contribution in [0.15, 0.2) is 29.2 Å². The maximum absolute atomic E-state index is 12.7. The average Bonchev–Trinajstić information content (AvgIpc) is 3.03. The second-order valence-electron chi connectivity index (χ2n) is 5.67. The standard InChI is InChI=1S/C15H20N2O6S/c1-10-4-6-11(7-5-10)24(22,23)17-8-2-3-13(17)14(19)16-12(9-18)15(20)21/h4-7,12-13,18H,2-3,8-9H2,1H3,(H,16,19)(H,20,21)/t12-,13-/m0/s1. The van der Waals surface area contributed by atoms with E-state index in [1.54, 1.807) is 12.1 Å². The summed E-state index contributed by atoms with van der Waals surface area (Å²) in [5.41, 5.74) is 0.914. The summed E-state index contributed by atoms with van der Waals surface area (Å²) in [6.07, 6.45) is 0.800. The number of carbonyl (C=O) groups is 2. The molecule has 0 spiro atoms. The lowest BCUT2D eigenvalue weighted by molar-refractivity contribution is -0.143. The van der Waals surface area contributed by atoms with E-state index < -0.39 is 40.6 Å². The lowest BCUT2D eigenvalue weighted by Crippen LogP contribution is -2.51. The van der Waals surface area contributed by atoms with Crippen molar-refractivity contribution in [1.29, 1.82) is 0 Å². The summed E-state index contributed by atoms with van der Waals surface area (Å²) in [6.45, 7) is 1.26. The van der Waals surface area contributed by atoms with Gasteiger partial charge in [-0.25, -0.2) is 13.2 Å². The number of sulfonamides is 1. The summed E-state index contributed by atoms with van der Waals surface area (Å²) in [7, 11) is -3.85. The molecule has 24 heavy (non-hydrogen) atoms. The molecule has 0 saturated carbocycles. The van der Waals surface area contributed by atoms with Crippen molar-refractivity contribution in [2.24, 2.45) is 0 Å². The molecule has 8 nitrogen and oxygen atoms in total.